The maximum Gasteiger partial charge on any atom is 0.262 e. The molecule has 0 bridgehead atoms. The van der Waals surface area contributed by atoms with Crippen molar-refractivity contribution in [2.45, 2.75) is 29.9 Å². The Bertz CT molecular complexity index is 1310. The number of ether oxygens (including phenoxy) is 3. The van der Waals surface area contributed by atoms with Crippen molar-refractivity contribution in [2.24, 2.45) is 0 Å². The van der Waals surface area contributed by atoms with E-state index >= 15 is 0 Å². The van der Waals surface area contributed by atoms with Crippen molar-refractivity contribution in [3.05, 3.63) is 66.7 Å². The van der Waals surface area contributed by atoms with Crippen LogP contribution in [0.2, 0.25) is 0 Å². The zero-order chi connectivity index (χ0) is 27.8. The SMILES string of the molecule is COc1ccc(S(=O)(=O)Nc2ccc(N3CCC(NC[C@H](O)COc4ccc(O)cc4)CC3)cc2)cc1OC. The maximum atomic E-state index is 12.9. The standard InChI is InChI=1S/C28H35N3O7S/c1-36-27-12-11-26(17-28(27)37-2)39(34,35)30-21-3-5-22(6-4-21)31-15-13-20(14-16-31)29-18-24(33)19-38-25-9-7-23(32)8-10-25/h3-12,17,20,24,29-30,32-33H,13-16,18-19H2,1-2H3/t24-/m0/s1. The summed E-state index contributed by atoms with van der Waals surface area (Å²) in [6.45, 7) is 2.28. The van der Waals surface area contributed by atoms with Gasteiger partial charge in [0.05, 0.1) is 19.1 Å². The highest BCUT2D eigenvalue weighted by Crippen LogP contribution is 2.30. The first-order chi connectivity index (χ1) is 18.8. The molecule has 4 N–H and O–H groups in total. The monoisotopic (exact) mass is 557 g/mol. The van der Waals surface area contributed by atoms with Gasteiger partial charge in [-0.2, -0.15) is 0 Å². The summed E-state index contributed by atoms with van der Waals surface area (Å²) in [5, 5.41) is 23.0. The van der Waals surface area contributed by atoms with E-state index in [1.54, 1.807) is 42.5 Å². The lowest BCUT2D eigenvalue weighted by atomic mass is 10.0. The lowest BCUT2D eigenvalue weighted by Gasteiger charge is -2.34. The second kappa shape index (κ2) is 12.9. The number of piperidine rings is 1. The molecule has 0 aromatic heterocycles. The van der Waals surface area contributed by atoms with Crippen LogP contribution in [0.3, 0.4) is 0 Å². The number of methoxy groups -OCH3 is 2. The van der Waals surface area contributed by atoms with Gasteiger partial charge in [0.15, 0.2) is 11.5 Å². The fraction of sp³-hybridized carbons (Fsp3) is 0.357. The summed E-state index contributed by atoms with van der Waals surface area (Å²) in [6, 6.07) is 18.5. The van der Waals surface area contributed by atoms with Gasteiger partial charge in [0.1, 0.15) is 24.2 Å². The van der Waals surface area contributed by atoms with E-state index < -0.39 is 16.1 Å². The Kier molecular flexibility index (Phi) is 9.39. The summed E-state index contributed by atoms with van der Waals surface area (Å²) in [4.78, 5) is 2.34. The Balaban J connectivity index is 1.23. The molecule has 1 heterocycles. The van der Waals surface area contributed by atoms with Crippen molar-refractivity contribution in [3.8, 4) is 23.0 Å². The van der Waals surface area contributed by atoms with Gasteiger partial charge in [0.2, 0.25) is 0 Å². The number of hydrogen-bond acceptors (Lipinski definition) is 9. The third-order valence-corrected chi connectivity index (χ3v) is 7.95. The van der Waals surface area contributed by atoms with Crippen LogP contribution in [0.25, 0.3) is 0 Å². The molecule has 1 atom stereocenters. The van der Waals surface area contributed by atoms with Crippen molar-refractivity contribution >= 4 is 21.4 Å². The third-order valence-electron chi connectivity index (χ3n) is 6.57. The first kappa shape index (κ1) is 28.3. The van der Waals surface area contributed by atoms with E-state index in [1.807, 2.05) is 12.1 Å². The topological polar surface area (TPSA) is 130 Å². The van der Waals surface area contributed by atoms with Crippen molar-refractivity contribution in [1.29, 1.82) is 0 Å². The molecular formula is C28H35N3O7S. The molecule has 0 amide bonds. The number of phenols is 1. The average Bonchev–Trinajstić information content (AvgIpc) is 2.96. The highest BCUT2D eigenvalue weighted by atomic mass is 32.2. The van der Waals surface area contributed by atoms with E-state index in [0.717, 1.165) is 31.6 Å². The summed E-state index contributed by atoms with van der Waals surface area (Å²) >= 11 is 0. The molecule has 1 aliphatic heterocycles. The fourth-order valence-electron chi connectivity index (χ4n) is 4.38. The maximum absolute atomic E-state index is 12.9. The molecule has 1 saturated heterocycles. The molecule has 3 aromatic carbocycles. The number of rotatable bonds is 12. The highest BCUT2D eigenvalue weighted by Gasteiger charge is 2.21. The molecule has 1 fully saturated rings. The Morgan fingerprint density at radius 1 is 0.949 bits per heavy atom. The minimum Gasteiger partial charge on any atom is -0.508 e. The van der Waals surface area contributed by atoms with E-state index in [1.165, 1.54) is 26.4 Å². The molecule has 0 aliphatic carbocycles. The Hall–Kier alpha value is -3.67. The van der Waals surface area contributed by atoms with Crippen molar-refractivity contribution in [2.75, 3.05) is 50.1 Å². The minimum atomic E-state index is -3.80. The molecule has 39 heavy (non-hydrogen) atoms. The van der Waals surface area contributed by atoms with Crippen LogP contribution in [-0.2, 0) is 10.0 Å². The quantitative estimate of drug-likeness (QED) is 0.265. The van der Waals surface area contributed by atoms with E-state index in [2.05, 4.69) is 14.9 Å². The number of nitrogens with one attached hydrogen (secondary N) is 2. The predicted molar refractivity (Wildman–Crippen MR) is 150 cm³/mol. The molecule has 0 unspecified atom stereocenters. The van der Waals surface area contributed by atoms with Crippen LogP contribution in [0.4, 0.5) is 11.4 Å². The first-order valence-electron chi connectivity index (χ1n) is 12.7. The van der Waals surface area contributed by atoms with E-state index in [-0.39, 0.29) is 23.3 Å². The average molecular weight is 558 g/mol. The van der Waals surface area contributed by atoms with Gasteiger partial charge in [-0.1, -0.05) is 0 Å². The molecule has 11 heteroatoms. The predicted octanol–water partition coefficient (Wildman–Crippen LogP) is 3.21. The molecular weight excluding hydrogens is 522 g/mol. The summed E-state index contributed by atoms with van der Waals surface area (Å²) < 4.78 is 44.3. The van der Waals surface area contributed by atoms with Crippen molar-refractivity contribution in [1.82, 2.24) is 5.32 Å². The third kappa shape index (κ3) is 7.69. The number of benzene rings is 3. The van der Waals surface area contributed by atoms with Gasteiger partial charge >= 0.3 is 0 Å². The molecule has 0 radical (unpaired) electrons. The van der Waals surface area contributed by atoms with Crippen LogP contribution in [0.15, 0.2) is 71.6 Å². The van der Waals surface area contributed by atoms with Gasteiger partial charge in [0, 0.05) is 43.1 Å². The lowest BCUT2D eigenvalue weighted by molar-refractivity contribution is 0.102. The number of aliphatic hydroxyl groups is 1. The van der Waals surface area contributed by atoms with Crippen LogP contribution < -0.4 is 29.1 Å². The van der Waals surface area contributed by atoms with Crippen LogP contribution in [0.1, 0.15) is 12.8 Å². The van der Waals surface area contributed by atoms with Gasteiger partial charge in [-0.3, -0.25) is 4.72 Å². The fourth-order valence-corrected chi connectivity index (χ4v) is 5.45. The molecule has 210 valence electrons. The van der Waals surface area contributed by atoms with Gasteiger partial charge in [-0.25, -0.2) is 8.42 Å². The number of anilines is 2. The number of nitrogens with zero attached hydrogens (tertiary/aromatic N) is 1. The van der Waals surface area contributed by atoms with Crippen LogP contribution >= 0.6 is 0 Å². The first-order valence-corrected chi connectivity index (χ1v) is 14.2. The lowest BCUT2D eigenvalue weighted by Crippen LogP contribution is -2.45. The summed E-state index contributed by atoms with van der Waals surface area (Å²) in [5.41, 5.74) is 1.48. The Morgan fingerprint density at radius 2 is 1.62 bits per heavy atom. The van der Waals surface area contributed by atoms with Crippen molar-refractivity contribution in [3.63, 3.8) is 0 Å². The number of sulfonamides is 1. The molecule has 0 spiro atoms. The molecule has 10 nitrogen and oxygen atoms in total. The van der Waals surface area contributed by atoms with Crippen LogP contribution in [0, 0.1) is 0 Å². The highest BCUT2D eigenvalue weighted by molar-refractivity contribution is 7.92. The second-order valence-corrected chi connectivity index (χ2v) is 11.0. The van der Waals surface area contributed by atoms with E-state index in [4.69, 9.17) is 14.2 Å². The minimum absolute atomic E-state index is 0.0795. The number of hydrogen-bond donors (Lipinski definition) is 4. The van der Waals surface area contributed by atoms with Gasteiger partial charge in [0.25, 0.3) is 10.0 Å². The van der Waals surface area contributed by atoms with Crippen LogP contribution in [0.5, 0.6) is 23.0 Å². The van der Waals surface area contributed by atoms with Crippen molar-refractivity contribution < 1.29 is 32.8 Å². The van der Waals surface area contributed by atoms with Gasteiger partial charge in [-0.15, -0.1) is 0 Å². The second-order valence-electron chi connectivity index (χ2n) is 9.30. The Labute approximate surface area is 229 Å². The normalized spacial score (nSPS) is 15.0. The summed E-state index contributed by atoms with van der Waals surface area (Å²) in [6.07, 6.45) is 1.19. The number of aromatic hydroxyl groups is 1. The Morgan fingerprint density at radius 3 is 2.26 bits per heavy atom. The van der Waals surface area contributed by atoms with E-state index in [9.17, 15) is 18.6 Å². The number of aliphatic hydroxyl groups excluding tert-OH is 1. The van der Waals surface area contributed by atoms with E-state index in [0.29, 0.717) is 29.5 Å². The van der Waals surface area contributed by atoms with Gasteiger partial charge < -0.3 is 34.6 Å². The molecule has 3 aromatic rings. The molecule has 1 aliphatic rings. The largest absolute Gasteiger partial charge is 0.508 e. The summed E-state index contributed by atoms with van der Waals surface area (Å²) in [7, 11) is -0.847. The zero-order valence-electron chi connectivity index (χ0n) is 22.0. The molecule has 0 saturated carbocycles. The zero-order valence-corrected chi connectivity index (χ0v) is 22.9. The summed E-state index contributed by atoms with van der Waals surface area (Å²) in [5.74, 6) is 1.56. The molecule has 4 rings (SSSR count). The van der Waals surface area contributed by atoms with Crippen LogP contribution in [-0.4, -0.2) is 71.2 Å². The smallest absolute Gasteiger partial charge is 0.262 e. The number of phenolic OH excluding ortho intramolecular Hbond substituents is 1. The van der Waals surface area contributed by atoms with Gasteiger partial charge in [-0.05, 0) is 73.5 Å².